The summed E-state index contributed by atoms with van der Waals surface area (Å²) < 4.78 is 5.05. The quantitative estimate of drug-likeness (QED) is 0.377. The van der Waals surface area contributed by atoms with Crippen LogP contribution in [0.3, 0.4) is 0 Å². The Morgan fingerprint density at radius 1 is 1.09 bits per heavy atom. The van der Waals surface area contributed by atoms with Crippen molar-refractivity contribution in [3.8, 4) is 5.75 Å². The van der Waals surface area contributed by atoms with Gasteiger partial charge in [0.1, 0.15) is 12.0 Å². The van der Waals surface area contributed by atoms with Crippen molar-refractivity contribution in [2.75, 3.05) is 7.11 Å². The molecule has 0 heterocycles. The van der Waals surface area contributed by atoms with Crippen LogP contribution in [0.1, 0.15) is 21.5 Å². The largest absolute Gasteiger partial charge is 0.513 e. The Balaban J connectivity index is 2.21. The van der Waals surface area contributed by atoms with E-state index >= 15 is 0 Å². The zero-order valence-electron chi connectivity index (χ0n) is 13.3. The van der Waals surface area contributed by atoms with Crippen LogP contribution in [0.15, 0.2) is 64.7 Å². The summed E-state index contributed by atoms with van der Waals surface area (Å²) in [6, 6.07) is 12.3. The summed E-state index contributed by atoms with van der Waals surface area (Å²) in [5.41, 5.74) is 2.99. The van der Waals surface area contributed by atoms with Crippen LogP contribution in [0, 0.1) is 13.8 Å². The number of carbonyl (C=O) groups excluding carboxylic acids is 1. The molecule has 0 bridgehead atoms. The van der Waals surface area contributed by atoms with Crippen LogP contribution in [-0.4, -0.2) is 18.0 Å². The molecule has 2 aromatic carbocycles. The molecule has 2 rings (SSSR count). The van der Waals surface area contributed by atoms with Crippen molar-refractivity contribution in [1.29, 1.82) is 0 Å². The molecule has 0 aliphatic rings. The molecule has 0 radical (unpaired) electrons. The van der Waals surface area contributed by atoms with Gasteiger partial charge in [-0.15, -0.1) is 5.11 Å². The Bertz CT molecular complexity index is 742. The minimum atomic E-state index is -0.414. The van der Waals surface area contributed by atoms with Crippen LogP contribution in [0.5, 0.6) is 5.75 Å². The molecule has 2 aromatic rings. The van der Waals surface area contributed by atoms with Crippen molar-refractivity contribution in [2.45, 2.75) is 13.8 Å². The maximum atomic E-state index is 12.3. The minimum Gasteiger partial charge on any atom is -0.513 e. The van der Waals surface area contributed by atoms with Crippen molar-refractivity contribution >= 4 is 11.5 Å². The number of azo groups is 1. The highest BCUT2D eigenvalue weighted by Gasteiger charge is 2.12. The summed E-state index contributed by atoms with van der Waals surface area (Å²) in [6.45, 7) is 3.91. The van der Waals surface area contributed by atoms with Crippen LogP contribution in [0.2, 0.25) is 0 Å². The van der Waals surface area contributed by atoms with E-state index < -0.39 is 5.78 Å². The number of carbonyl (C=O) groups is 1. The molecule has 0 amide bonds. The standard InChI is InChI=1S/C18H18N2O3/c1-12-8-13(2)10-15(9-12)19-20-17(11-21)18(22)14-4-6-16(23-3)7-5-14/h4-11,21H,1-3H3/b17-11+,20-19?. The van der Waals surface area contributed by atoms with Gasteiger partial charge in [0, 0.05) is 5.56 Å². The molecule has 1 N–H and O–H groups in total. The molecular weight excluding hydrogens is 292 g/mol. The van der Waals surface area contributed by atoms with E-state index in [-0.39, 0.29) is 5.70 Å². The second-order valence-corrected chi connectivity index (χ2v) is 5.12. The zero-order valence-corrected chi connectivity index (χ0v) is 13.3. The summed E-state index contributed by atoms with van der Waals surface area (Å²) in [6.07, 6.45) is 0.665. The predicted octanol–water partition coefficient (Wildman–Crippen LogP) is 4.68. The highest BCUT2D eigenvalue weighted by atomic mass is 16.5. The van der Waals surface area contributed by atoms with Gasteiger partial charge in [0.25, 0.3) is 0 Å². The first-order valence-electron chi connectivity index (χ1n) is 7.06. The number of ether oxygens (including phenoxy) is 1. The number of aliphatic hydroxyl groups excluding tert-OH is 1. The highest BCUT2D eigenvalue weighted by molar-refractivity contribution is 6.08. The van der Waals surface area contributed by atoms with E-state index in [0.717, 1.165) is 11.1 Å². The number of nitrogens with zero attached hydrogens (tertiary/aromatic N) is 2. The summed E-state index contributed by atoms with van der Waals surface area (Å²) in [7, 11) is 1.55. The second kappa shape index (κ2) is 7.35. The molecule has 0 saturated carbocycles. The van der Waals surface area contributed by atoms with E-state index in [2.05, 4.69) is 10.2 Å². The van der Waals surface area contributed by atoms with Crippen molar-refractivity contribution in [1.82, 2.24) is 0 Å². The average molecular weight is 310 g/mol. The fourth-order valence-electron chi connectivity index (χ4n) is 2.14. The van der Waals surface area contributed by atoms with Crippen molar-refractivity contribution in [3.05, 3.63) is 71.1 Å². The molecule has 0 aliphatic carbocycles. The van der Waals surface area contributed by atoms with Gasteiger partial charge in [-0.25, -0.2) is 0 Å². The Hall–Kier alpha value is -2.95. The number of ketones is 1. The SMILES string of the molecule is COc1ccc(C(=O)/C(=C\O)N=Nc2cc(C)cc(C)c2)cc1. The third-order valence-corrected chi connectivity index (χ3v) is 3.19. The van der Waals surface area contributed by atoms with E-state index in [1.54, 1.807) is 31.4 Å². The van der Waals surface area contributed by atoms with Crippen LogP contribution in [0.4, 0.5) is 5.69 Å². The Labute approximate surface area is 135 Å². The molecule has 5 nitrogen and oxygen atoms in total. The van der Waals surface area contributed by atoms with E-state index in [1.165, 1.54) is 0 Å². The first-order valence-corrected chi connectivity index (χ1v) is 7.06. The molecule has 0 atom stereocenters. The molecule has 0 saturated heterocycles. The number of hydrogen-bond donors (Lipinski definition) is 1. The maximum absolute atomic E-state index is 12.3. The average Bonchev–Trinajstić information content (AvgIpc) is 2.54. The Morgan fingerprint density at radius 2 is 1.70 bits per heavy atom. The molecule has 0 aromatic heterocycles. The number of aliphatic hydroxyl groups is 1. The smallest absolute Gasteiger partial charge is 0.216 e. The number of rotatable bonds is 5. The summed E-state index contributed by atoms with van der Waals surface area (Å²) in [5, 5.41) is 17.2. The third-order valence-electron chi connectivity index (χ3n) is 3.19. The molecule has 5 heteroatoms. The van der Waals surface area contributed by atoms with Crippen LogP contribution < -0.4 is 4.74 Å². The number of hydrogen-bond acceptors (Lipinski definition) is 5. The van der Waals surface area contributed by atoms with Gasteiger partial charge in [-0.3, -0.25) is 4.79 Å². The zero-order chi connectivity index (χ0) is 16.8. The van der Waals surface area contributed by atoms with E-state index in [9.17, 15) is 9.90 Å². The number of allylic oxidation sites excluding steroid dienone is 1. The molecule has 118 valence electrons. The van der Waals surface area contributed by atoms with Gasteiger partial charge in [0.2, 0.25) is 5.78 Å². The monoisotopic (exact) mass is 310 g/mol. The van der Waals surface area contributed by atoms with Gasteiger partial charge in [-0.1, -0.05) is 6.07 Å². The van der Waals surface area contributed by atoms with Crippen LogP contribution >= 0.6 is 0 Å². The van der Waals surface area contributed by atoms with Crippen molar-refractivity contribution in [3.63, 3.8) is 0 Å². The van der Waals surface area contributed by atoms with Gasteiger partial charge in [-0.05, 0) is 61.4 Å². The lowest BCUT2D eigenvalue weighted by atomic mass is 10.1. The Morgan fingerprint density at radius 3 is 2.22 bits per heavy atom. The lowest BCUT2D eigenvalue weighted by molar-refractivity contribution is 0.102. The first-order chi connectivity index (χ1) is 11.0. The molecule has 23 heavy (non-hydrogen) atoms. The number of Topliss-reactive ketones (excluding diaryl/α,β-unsaturated/α-hetero) is 1. The summed E-state index contributed by atoms with van der Waals surface area (Å²) in [4.78, 5) is 12.3. The number of methoxy groups -OCH3 is 1. The second-order valence-electron chi connectivity index (χ2n) is 5.12. The third kappa shape index (κ3) is 4.26. The van der Waals surface area contributed by atoms with Crippen molar-refractivity contribution in [2.24, 2.45) is 10.2 Å². The normalized spacial score (nSPS) is 11.7. The van der Waals surface area contributed by atoms with Gasteiger partial charge in [0.15, 0.2) is 5.70 Å². The first kappa shape index (κ1) is 16.4. The van der Waals surface area contributed by atoms with Gasteiger partial charge in [-0.2, -0.15) is 5.11 Å². The molecule has 0 aliphatic heterocycles. The lowest BCUT2D eigenvalue weighted by Crippen LogP contribution is -2.01. The number of aryl methyl sites for hydroxylation is 2. The van der Waals surface area contributed by atoms with Crippen LogP contribution in [0.25, 0.3) is 0 Å². The molecule has 0 spiro atoms. The Kier molecular flexibility index (Phi) is 5.25. The molecule has 0 unspecified atom stereocenters. The summed E-state index contributed by atoms with van der Waals surface area (Å²) in [5.74, 6) is 0.233. The maximum Gasteiger partial charge on any atom is 0.216 e. The van der Waals surface area contributed by atoms with E-state index in [4.69, 9.17) is 4.74 Å². The van der Waals surface area contributed by atoms with E-state index in [0.29, 0.717) is 23.3 Å². The topological polar surface area (TPSA) is 71.2 Å². The fraction of sp³-hybridized carbons (Fsp3) is 0.167. The fourth-order valence-corrected chi connectivity index (χ4v) is 2.14. The lowest BCUT2D eigenvalue weighted by Gasteiger charge is -2.03. The van der Waals surface area contributed by atoms with Crippen LogP contribution in [-0.2, 0) is 0 Å². The number of benzene rings is 2. The van der Waals surface area contributed by atoms with Gasteiger partial charge >= 0.3 is 0 Å². The van der Waals surface area contributed by atoms with E-state index in [1.807, 2.05) is 32.0 Å². The summed E-state index contributed by atoms with van der Waals surface area (Å²) >= 11 is 0. The van der Waals surface area contributed by atoms with Gasteiger partial charge < -0.3 is 9.84 Å². The highest BCUT2D eigenvalue weighted by Crippen LogP contribution is 2.20. The van der Waals surface area contributed by atoms with Gasteiger partial charge in [0.05, 0.1) is 12.8 Å². The molecule has 0 fully saturated rings. The minimum absolute atomic E-state index is 0.130. The predicted molar refractivity (Wildman–Crippen MR) is 88.5 cm³/mol. The van der Waals surface area contributed by atoms with Crippen molar-refractivity contribution < 1.29 is 14.6 Å². The molecular formula is C18H18N2O3.